The summed E-state index contributed by atoms with van der Waals surface area (Å²) in [6.07, 6.45) is 0. The quantitative estimate of drug-likeness (QED) is 0.878. The molecule has 0 aliphatic heterocycles. The smallest absolute Gasteiger partial charge is 0.131 e. The van der Waals surface area contributed by atoms with Gasteiger partial charge in [0.25, 0.3) is 0 Å². The zero-order chi connectivity index (χ0) is 13.8. The third kappa shape index (κ3) is 2.82. The molecule has 2 rings (SSSR count). The van der Waals surface area contributed by atoms with Gasteiger partial charge < -0.3 is 5.32 Å². The van der Waals surface area contributed by atoms with E-state index in [0.717, 1.165) is 0 Å². The van der Waals surface area contributed by atoms with Crippen molar-refractivity contribution in [1.29, 1.82) is 0 Å². The Morgan fingerprint density at radius 1 is 1.00 bits per heavy atom. The second-order valence-corrected chi connectivity index (χ2v) is 4.49. The van der Waals surface area contributed by atoms with Gasteiger partial charge in [0, 0.05) is 11.1 Å². The van der Waals surface area contributed by atoms with Crippen molar-refractivity contribution in [3.05, 3.63) is 70.8 Å². The number of rotatable bonds is 4. The van der Waals surface area contributed by atoms with E-state index in [1.807, 2.05) is 6.92 Å². The molecule has 0 fully saturated rings. The molecule has 0 bridgehead atoms. The maximum absolute atomic E-state index is 14.2. The van der Waals surface area contributed by atoms with E-state index in [1.165, 1.54) is 6.07 Å². The summed E-state index contributed by atoms with van der Waals surface area (Å²) in [4.78, 5) is 0. The molecule has 1 nitrogen and oxygen atoms in total. The Kier molecular flexibility index (Phi) is 4.27. The first-order chi connectivity index (χ1) is 9.15. The van der Waals surface area contributed by atoms with Crippen LogP contribution in [0.15, 0.2) is 42.5 Å². The fourth-order valence-electron chi connectivity index (χ4n) is 2.19. The van der Waals surface area contributed by atoms with Crippen LogP contribution in [0.1, 0.15) is 29.7 Å². The van der Waals surface area contributed by atoms with E-state index in [0.29, 0.717) is 23.2 Å². The molecule has 3 heteroatoms. The predicted molar refractivity (Wildman–Crippen MR) is 73.1 cm³/mol. The van der Waals surface area contributed by atoms with Gasteiger partial charge in [-0.1, -0.05) is 43.3 Å². The van der Waals surface area contributed by atoms with Gasteiger partial charge in [-0.3, -0.25) is 0 Å². The molecule has 0 amide bonds. The third-order valence-electron chi connectivity index (χ3n) is 3.16. The van der Waals surface area contributed by atoms with Crippen molar-refractivity contribution in [2.45, 2.75) is 19.9 Å². The van der Waals surface area contributed by atoms with E-state index < -0.39 is 6.04 Å². The summed E-state index contributed by atoms with van der Waals surface area (Å²) in [5.41, 5.74) is 1.51. The van der Waals surface area contributed by atoms with Crippen molar-refractivity contribution in [3.63, 3.8) is 0 Å². The highest BCUT2D eigenvalue weighted by molar-refractivity contribution is 5.36. The highest BCUT2D eigenvalue weighted by Gasteiger charge is 2.20. The van der Waals surface area contributed by atoms with Crippen LogP contribution in [0, 0.1) is 18.6 Å². The SMILES string of the molecule is CCNC(c1ccccc1F)c1cccc(C)c1F. The first-order valence-electron chi connectivity index (χ1n) is 6.38. The second-order valence-electron chi connectivity index (χ2n) is 4.49. The average Bonchev–Trinajstić information content (AvgIpc) is 2.41. The van der Waals surface area contributed by atoms with E-state index in [4.69, 9.17) is 0 Å². The fraction of sp³-hybridized carbons (Fsp3) is 0.250. The highest BCUT2D eigenvalue weighted by atomic mass is 19.1. The molecule has 0 radical (unpaired) electrons. The zero-order valence-electron chi connectivity index (χ0n) is 11.1. The maximum Gasteiger partial charge on any atom is 0.131 e. The summed E-state index contributed by atoms with van der Waals surface area (Å²) in [7, 11) is 0. The molecule has 0 saturated heterocycles. The van der Waals surface area contributed by atoms with Crippen molar-refractivity contribution in [1.82, 2.24) is 5.32 Å². The van der Waals surface area contributed by atoms with Crippen molar-refractivity contribution in [2.24, 2.45) is 0 Å². The lowest BCUT2D eigenvalue weighted by molar-refractivity contribution is 0.527. The summed E-state index contributed by atoms with van der Waals surface area (Å²) in [5, 5.41) is 3.14. The van der Waals surface area contributed by atoms with E-state index in [-0.39, 0.29) is 11.6 Å². The van der Waals surface area contributed by atoms with Crippen molar-refractivity contribution >= 4 is 0 Å². The molecule has 100 valence electrons. The number of hydrogen-bond acceptors (Lipinski definition) is 1. The Morgan fingerprint density at radius 3 is 2.37 bits per heavy atom. The number of nitrogens with one attached hydrogen (secondary N) is 1. The van der Waals surface area contributed by atoms with Gasteiger partial charge in [0.05, 0.1) is 6.04 Å². The summed E-state index contributed by atoms with van der Waals surface area (Å²) in [6, 6.07) is 11.2. The van der Waals surface area contributed by atoms with E-state index in [1.54, 1.807) is 43.3 Å². The highest BCUT2D eigenvalue weighted by Crippen LogP contribution is 2.27. The largest absolute Gasteiger partial charge is 0.306 e. The van der Waals surface area contributed by atoms with Crippen LogP contribution >= 0.6 is 0 Å². The van der Waals surface area contributed by atoms with Gasteiger partial charge in [0.15, 0.2) is 0 Å². The molecule has 1 unspecified atom stereocenters. The normalized spacial score (nSPS) is 12.4. The molecule has 0 aliphatic rings. The van der Waals surface area contributed by atoms with Crippen LogP contribution in [-0.4, -0.2) is 6.54 Å². The first kappa shape index (κ1) is 13.7. The average molecular weight is 261 g/mol. The Balaban J connectivity index is 2.52. The Morgan fingerprint density at radius 2 is 1.68 bits per heavy atom. The molecule has 1 N–H and O–H groups in total. The van der Waals surface area contributed by atoms with E-state index in [2.05, 4.69) is 5.32 Å². The van der Waals surface area contributed by atoms with Crippen molar-refractivity contribution < 1.29 is 8.78 Å². The van der Waals surface area contributed by atoms with Gasteiger partial charge >= 0.3 is 0 Å². The molecule has 0 heterocycles. The topological polar surface area (TPSA) is 12.0 Å². The predicted octanol–water partition coefficient (Wildman–Crippen LogP) is 3.97. The number of aryl methyl sites for hydroxylation is 1. The molecule has 2 aromatic carbocycles. The molecule has 0 aliphatic carbocycles. The van der Waals surface area contributed by atoms with Crippen LogP contribution in [0.5, 0.6) is 0 Å². The van der Waals surface area contributed by atoms with Crippen molar-refractivity contribution in [2.75, 3.05) is 6.54 Å². The van der Waals surface area contributed by atoms with Crippen LogP contribution in [-0.2, 0) is 0 Å². The number of halogens is 2. The Hall–Kier alpha value is -1.74. The summed E-state index contributed by atoms with van der Waals surface area (Å²) >= 11 is 0. The maximum atomic E-state index is 14.2. The lowest BCUT2D eigenvalue weighted by Gasteiger charge is -2.20. The van der Waals surface area contributed by atoms with Gasteiger partial charge in [0.1, 0.15) is 11.6 Å². The lowest BCUT2D eigenvalue weighted by Crippen LogP contribution is -2.24. The molecule has 0 spiro atoms. The first-order valence-corrected chi connectivity index (χ1v) is 6.38. The van der Waals surface area contributed by atoms with Crippen LogP contribution in [0.25, 0.3) is 0 Å². The minimum atomic E-state index is -0.467. The van der Waals surface area contributed by atoms with E-state index >= 15 is 0 Å². The molecular formula is C16H17F2N. The van der Waals surface area contributed by atoms with Crippen LogP contribution in [0.3, 0.4) is 0 Å². The summed E-state index contributed by atoms with van der Waals surface area (Å²) in [5.74, 6) is -0.606. The molecule has 19 heavy (non-hydrogen) atoms. The van der Waals surface area contributed by atoms with Crippen LogP contribution < -0.4 is 5.32 Å². The minimum absolute atomic E-state index is 0.281. The standard InChI is InChI=1S/C16H17F2N/c1-3-19-16(12-8-4-5-10-14(12)17)13-9-6-7-11(2)15(13)18/h4-10,16,19H,3H2,1-2H3. The van der Waals surface area contributed by atoms with Crippen LogP contribution in [0.2, 0.25) is 0 Å². The molecule has 0 saturated carbocycles. The third-order valence-corrected chi connectivity index (χ3v) is 3.16. The van der Waals surface area contributed by atoms with Gasteiger partial charge in [0.2, 0.25) is 0 Å². The summed E-state index contributed by atoms with van der Waals surface area (Å²) < 4.78 is 28.1. The molecule has 0 aromatic heterocycles. The van der Waals surface area contributed by atoms with Gasteiger partial charge in [-0.25, -0.2) is 8.78 Å². The van der Waals surface area contributed by atoms with Gasteiger partial charge in [-0.15, -0.1) is 0 Å². The molecular weight excluding hydrogens is 244 g/mol. The Bertz CT molecular complexity index is 566. The fourth-order valence-corrected chi connectivity index (χ4v) is 2.19. The molecule has 2 aromatic rings. The Labute approximate surface area is 112 Å². The minimum Gasteiger partial charge on any atom is -0.306 e. The van der Waals surface area contributed by atoms with Crippen molar-refractivity contribution in [3.8, 4) is 0 Å². The van der Waals surface area contributed by atoms with Gasteiger partial charge in [-0.2, -0.15) is 0 Å². The summed E-state index contributed by atoms with van der Waals surface area (Å²) in [6.45, 7) is 4.26. The lowest BCUT2D eigenvalue weighted by atomic mass is 9.96. The monoisotopic (exact) mass is 261 g/mol. The number of benzene rings is 2. The zero-order valence-corrected chi connectivity index (χ0v) is 11.1. The van der Waals surface area contributed by atoms with Gasteiger partial charge in [-0.05, 0) is 25.1 Å². The molecule has 1 atom stereocenters. The van der Waals surface area contributed by atoms with E-state index in [9.17, 15) is 8.78 Å². The number of hydrogen-bond donors (Lipinski definition) is 1. The second kappa shape index (κ2) is 5.93. The van der Waals surface area contributed by atoms with Crippen LogP contribution in [0.4, 0.5) is 8.78 Å².